The lowest BCUT2D eigenvalue weighted by molar-refractivity contribution is -0.149. The fraction of sp³-hybridized carbons (Fsp3) is 0.667. The summed E-state index contributed by atoms with van der Waals surface area (Å²) >= 11 is 0. The number of nitrogens with zero attached hydrogens (tertiary/aromatic N) is 4. The van der Waals surface area contributed by atoms with Crippen molar-refractivity contribution in [3.05, 3.63) is 24.3 Å². The number of halogens is 1. The van der Waals surface area contributed by atoms with Crippen LogP contribution in [0, 0.1) is 0 Å². The molecule has 0 radical (unpaired) electrons. The fourth-order valence-corrected chi connectivity index (χ4v) is 2.91. The van der Waals surface area contributed by atoms with Gasteiger partial charge in [-0.2, -0.15) is 0 Å². The minimum Gasteiger partial charge on any atom is -0.369 e. The van der Waals surface area contributed by atoms with Crippen LogP contribution in [0.2, 0.25) is 0 Å². The SMILES string of the molecule is C=CCOCc1nnc2n1CCN(C(=O)C1(F)CCC1)CC2. The van der Waals surface area contributed by atoms with Crippen molar-refractivity contribution in [2.45, 2.75) is 44.5 Å². The molecule has 0 bridgehead atoms. The summed E-state index contributed by atoms with van der Waals surface area (Å²) in [4.78, 5) is 13.9. The molecule has 6 nitrogen and oxygen atoms in total. The summed E-state index contributed by atoms with van der Waals surface area (Å²) in [5, 5.41) is 8.29. The largest absolute Gasteiger partial charge is 0.369 e. The van der Waals surface area contributed by atoms with Gasteiger partial charge in [0.25, 0.3) is 5.91 Å². The summed E-state index contributed by atoms with van der Waals surface area (Å²) in [6, 6.07) is 0. The Balaban J connectivity index is 1.65. The van der Waals surface area contributed by atoms with Crippen LogP contribution in [-0.4, -0.2) is 50.9 Å². The average molecular weight is 308 g/mol. The number of fused-ring (bicyclic) bond motifs is 1. The second kappa shape index (κ2) is 6.16. The zero-order valence-corrected chi connectivity index (χ0v) is 12.6. The summed E-state index contributed by atoms with van der Waals surface area (Å²) in [5.74, 6) is 1.21. The van der Waals surface area contributed by atoms with Crippen LogP contribution in [0.15, 0.2) is 12.7 Å². The third kappa shape index (κ3) is 2.77. The van der Waals surface area contributed by atoms with Gasteiger partial charge in [-0.1, -0.05) is 6.08 Å². The average Bonchev–Trinajstić information content (AvgIpc) is 2.75. The molecule has 7 heteroatoms. The molecule has 0 atom stereocenters. The van der Waals surface area contributed by atoms with E-state index < -0.39 is 5.67 Å². The van der Waals surface area contributed by atoms with E-state index in [1.54, 1.807) is 11.0 Å². The molecular weight excluding hydrogens is 287 g/mol. The number of carbonyl (C=O) groups is 1. The van der Waals surface area contributed by atoms with Crippen molar-refractivity contribution < 1.29 is 13.9 Å². The number of hydrogen-bond acceptors (Lipinski definition) is 4. The zero-order chi connectivity index (χ0) is 15.6. The molecule has 3 rings (SSSR count). The summed E-state index contributed by atoms with van der Waals surface area (Å²) < 4.78 is 21.7. The molecule has 0 aromatic carbocycles. The number of ether oxygens (including phenoxy) is 1. The van der Waals surface area contributed by atoms with E-state index in [1.165, 1.54) is 0 Å². The highest BCUT2D eigenvalue weighted by molar-refractivity contribution is 5.86. The molecule has 1 aromatic heterocycles. The Morgan fingerprint density at radius 2 is 2.18 bits per heavy atom. The summed E-state index contributed by atoms with van der Waals surface area (Å²) in [7, 11) is 0. The van der Waals surface area contributed by atoms with Crippen LogP contribution < -0.4 is 0 Å². The Morgan fingerprint density at radius 1 is 1.36 bits per heavy atom. The predicted octanol–water partition coefficient (Wildman–Crippen LogP) is 1.26. The van der Waals surface area contributed by atoms with E-state index >= 15 is 0 Å². The Morgan fingerprint density at radius 3 is 2.86 bits per heavy atom. The number of amides is 1. The summed E-state index contributed by atoms with van der Waals surface area (Å²) in [6.07, 6.45) is 3.78. The molecule has 120 valence electrons. The first kappa shape index (κ1) is 15.1. The second-order valence-corrected chi connectivity index (χ2v) is 5.85. The van der Waals surface area contributed by atoms with Crippen molar-refractivity contribution in [2.75, 3.05) is 19.7 Å². The van der Waals surface area contributed by atoms with Crippen LogP contribution in [0.4, 0.5) is 4.39 Å². The van der Waals surface area contributed by atoms with Gasteiger partial charge in [0.05, 0.1) is 6.61 Å². The van der Waals surface area contributed by atoms with Gasteiger partial charge in [-0.05, 0) is 19.3 Å². The highest BCUT2D eigenvalue weighted by atomic mass is 19.1. The normalized spacial score (nSPS) is 20.0. The molecule has 1 saturated carbocycles. The van der Waals surface area contributed by atoms with Crippen LogP contribution in [0.3, 0.4) is 0 Å². The molecular formula is C15H21FN4O2. The quantitative estimate of drug-likeness (QED) is 0.607. The van der Waals surface area contributed by atoms with Gasteiger partial charge in [0.2, 0.25) is 0 Å². The molecule has 2 aliphatic rings. The third-order valence-electron chi connectivity index (χ3n) is 4.39. The van der Waals surface area contributed by atoms with Gasteiger partial charge in [-0.25, -0.2) is 4.39 Å². The van der Waals surface area contributed by atoms with Gasteiger partial charge in [0, 0.05) is 26.1 Å². The molecule has 0 spiro atoms. The molecule has 1 aliphatic carbocycles. The fourth-order valence-electron chi connectivity index (χ4n) is 2.91. The number of carbonyl (C=O) groups excluding carboxylic acids is 1. The van der Waals surface area contributed by atoms with E-state index in [4.69, 9.17) is 4.74 Å². The number of alkyl halides is 1. The number of aromatic nitrogens is 3. The van der Waals surface area contributed by atoms with Crippen molar-refractivity contribution >= 4 is 5.91 Å². The molecule has 0 saturated heterocycles. The van der Waals surface area contributed by atoms with Crippen molar-refractivity contribution in [3.63, 3.8) is 0 Å². The van der Waals surface area contributed by atoms with Crippen molar-refractivity contribution in [3.8, 4) is 0 Å². The predicted molar refractivity (Wildman–Crippen MR) is 77.8 cm³/mol. The summed E-state index contributed by atoms with van der Waals surface area (Å²) in [5.41, 5.74) is -1.62. The van der Waals surface area contributed by atoms with Crippen LogP contribution in [0.5, 0.6) is 0 Å². The maximum atomic E-state index is 14.3. The van der Waals surface area contributed by atoms with E-state index in [2.05, 4.69) is 16.8 Å². The van der Waals surface area contributed by atoms with Gasteiger partial charge >= 0.3 is 0 Å². The van der Waals surface area contributed by atoms with Gasteiger partial charge in [-0.15, -0.1) is 16.8 Å². The van der Waals surface area contributed by atoms with Crippen LogP contribution in [-0.2, 0) is 29.1 Å². The Labute approximate surface area is 129 Å². The van der Waals surface area contributed by atoms with Crippen LogP contribution in [0.25, 0.3) is 0 Å². The van der Waals surface area contributed by atoms with E-state index in [1.807, 2.05) is 4.57 Å². The second-order valence-electron chi connectivity index (χ2n) is 5.85. The monoisotopic (exact) mass is 308 g/mol. The molecule has 1 aliphatic heterocycles. The van der Waals surface area contributed by atoms with Crippen molar-refractivity contribution in [1.29, 1.82) is 0 Å². The van der Waals surface area contributed by atoms with Crippen LogP contribution in [0.1, 0.15) is 30.9 Å². The summed E-state index contributed by atoms with van der Waals surface area (Å²) in [6.45, 7) is 5.98. The van der Waals surface area contributed by atoms with Gasteiger partial charge < -0.3 is 14.2 Å². The topological polar surface area (TPSA) is 60.3 Å². The lowest BCUT2D eigenvalue weighted by atomic mass is 9.81. The first-order valence-corrected chi connectivity index (χ1v) is 7.72. The minimum atomic E-state index is -1.62. The third-order valence-corrected chi connectivity index (χ3v) is 4.39. The molecule has 2 heterocycles. The van der Waals surface area contributed by atoms with E-state index in [-0.39, 0.29) is 5.91 Å². The molecule has 1 amide bonds. The molecule has 1 fully saturated rings. The lowest BCUT2D eigenvalue weighted by Crippen LogP contribution is -2.51. The Kier molecular flexibility index (Phi) is 4.24. The zero-order valence-electron chi connectivity index (χ0n) is 12.6. The maximum absolute atomic E-state index is 14.3. The first-order chi connectivity index (χ1) is 10.6. The highest BCUT2D eigenvalue weighted by Crippen LogP contribution is 2.37. The molecule has 22 heavy (non-hydrogen) atoms. The van der Waals surface area contributed by atoms with Crippen molar-refractivity contribution in [1.82, 2.24) is 19.7 Å². The van der Waals surface area contributed by atoms with Gasteiger partial charge in [-0.3, -0.25) is 4.79 Å². The van der Waals surface area contributed by atoms with Gasteiger partial charge in [0.15, 0.2) is 11.5 Å². The number of hydrogen-bond donors (Lipinski definition) is 0. The Bertz CT molecular complexity index is 568. The molecule has 1 aromatic rings. The first-order valence-electron chi connectivity index (χ1n) is 7.72. The number of rotatable bonds is 5. The van der Waals surface area contributed by atoms with Crippen molar-refractivity contribution in [2.24, 2.45) is 0 Å². The maximum Gasteiger partial charge on any atom is 0.260 e. The molecule has 0 N–H and O–H groups in total. The smallest absolute Gasteiger partial charge is 0.260 e. The van der Waals surface area contributed by atoms with E-state index in [9.17, 15) is 9.18 Å². The lowest BCUT2D eigenvalue weighted by Gasteiger charge is -2.36. The Hall–Kier alpha value is -1.76. The van der Waals surface area contributed by atoms with Gasteiger partial charge in [0.1, 0.15) is 12.4 Å². The van der Waals surface area contributed by atoms with E-state index in [0.717, 1.165) is 18.1 Å². The highest BCUT2D eigenvalue weighted by Gasteiger charge is 2.47. The van der Waals surface area contributed by atoms with Crippen LogP contribution >= 0.6 is 0 Å². The molecule has 0 unspecified atom stereocenters. The van der Waals surface area contributed by atoms with E-state index in [0.29, 0.717) is 52.1 Å². The standard InChI is InChI=1S/C15H21FN4O2/c1-2-10-22-11-13-18-17-12-4-7-19(8-9-20(12)13)14(21)15(16)5-3-6-15/h2H,1,3-11H2. The minimum absolute atomic E-state index is 0.356.